The molecule has 1 fully saturated rings. The molecular formula is C25H33ClN2O. The van der Waals surface area contributed by atoms with Crippen molar-refractivity contribution in [1.29, 1.82) is 0 Å². The summed E-state index contributed by atoms with van der Waals surface area (Å²) in [6.45, 7) is 4.26. The van der Waals surface area contributed by atoms with Gasteiger partial charge in [0.05, 0.1) is 0 Å². The Balaban J connectivity index is 1.31. The maximum atomic E-state index is 12.5. The Morgan fingerprint density at radius 2 is 1.66 bits per heavy atom. The molecule has 0 unspecified atom stereocenters. The number of halogens is 1. The summed E-state index contributed by atoms with van der Waals surface area (Å²) in [5.41, 5.74) is 2.66. The predicted octanol–water partition coefficient (Wildman–Crippen LogP) is 5.08. The first-order chi connectivity index (χ1) is 14.1. The Morgan fingerprint density at radius 3 is 2.34 bits per heavy atom. The summed E-state index contributed by atoms with van der Waals surface area (Å²) in [7, 11) is 1.97. The van der Waals surface area contributed by atoms with E-state index in [1.54, 1.807) is 0 Å². The number of carbonyl (C=O) groups excluding carboxylic acids is 1. The van der Waals surface area contributed by atoms with Crippen molar-refractivity contribution in [2.75, 3.05) is 33.2 Å². The molecule has 0 N–H and O–H groups in total. The summed E-state index contributed by atoms with van der Waals surface area (Å²) >= 11 is 5.96. The van der Waals surface area contributed by atoms with Crippen LogP contribution >= 0.6 is 11.6 Å². The van der Waals surface area contributed by atoms with E-state index in [-0.39, 0.29) is 5.91 Å². The van der Waals surface area contributed by atoms with Crippen LogP contribution in [0.5, 0.6) is 0 Å². The number of likely N-dealkylation sites (tertiary alicyclic amines) is 1. The molecule has 0 spiro atoms. The van der Waals surface area contributed by atoms with Crippen molar-refractivity contribution in [3.05, 3.63) is 70.7 Å². The van der Waals surface area contributed by atoms with Crippen molar-refractivity contribution in [3.8, 4) is 0 Å². The summed E-state index contributed by atoms with van der Waals surface area (Å²) < 4.78 is 0. The zero-order chi connectivity index (χ0) is 20.5. The molecule has 1 aliphatic rings. The van der Waals surface area contributed by atoms with Crippen LogP contribution in [0.4, 0.5) is 0 Å². The third-order valence-electron chi connectivity index (χ3n) is 5.99. The van der Waals surface area contributed by atoms with Crippen molar-refractivity contribution in [2.24, 2.45) is 5.92 Å². The standard InChI is InChI=1S/C25H33ClN2O/c1-27(25(29)9-5-8-21-6-3-2-4-7-21)20-23-15-18-28(19-16-23)17-14-22-10-12-24(26)13-11-22/h2-4,6-7,10-13,23H,5,8-9,14-20H2,1H3. The Morgan fingerprint density at radius 1 is 1.00 bits per heavy atom. The molecule has 1 heterocycles. The van der Waals surface area contributed by atoms with E-state index in [0.29, 0.717) is 12.3 Å². The minimum atomic E-state index is 0.283. The highest BCUT2D eigenvalue weighted by atomic mass is 35.5. The van der Waals surface area contributed by atoms with Crippen LogP contribution in [0, 0.1) is 5.92 Å². The van der Waals surface area contributed by atoms with Crippen molar-refractivity contribution >= 4 is 17.5 Å². The van der Waals surface area contributed by atoms with Crippen LogP contribution in [-0.4, -0.2) is 48.9 Å². The monoisotopic (exact) mass is 412 g/mol. The van der Waals surface area contributed by atoms with Crippen LogP contribution in [0.3, 0.4) is 0 Å². The molecule has 0 aromatic heterocycles. The number of hydrogen-bond donors (Lipinski definition) is 0. The summed E-state index contributed by atoms with van der Waals surface area (Å²) in [5.74, 6) is 0.913. The molecule has 0 radical (unpaired) electrons. The molecule has 0 aliphatic carbocycles. The number of rotatable bonds is 9. The van der Waals surface area contributed by atoms with E-state index < -0.39 is 0 Å². The molecule has 0 atom stereocenters. The second-order valence-electron chi connectivity index (χ2n) is 8.27. The lowest BCUT2D eigenvalue weighted by atomic mass is 9.95. The third kappa shape index (κ3) is 7.49. The van der Waals surface area contributed by atoms with Crippen LogP contribution in [0.1, 0.15) is 36.8 Å². The zero-order valence-electron chi connectivity index (χ0n) is 17.5. The van der Waals surface area contributed by atoms with E-state index in [0.717, 1.165) is 50.5 Å². The summed E-state index contributed by atoms with van der Waals surface area (Å²) in [4.78, 5) is 17.0. The van der Waals surface area contributed by atoms with E-state index in [1.165, 1.54) is 24.0 Å². The largest absolute Gasteiger partial charge is 0.345 e. The van der Waals surface area contributed by atoms with Gasteiger partial charge in [0.15, 0.2) is 0 Å². The van der Waals surface area contributed by atoms with Gasteiger partial charge in [0.1, 0.15) is 0 Å². The Hall–Kier alpha value is -1.84. The number of carbonyl (C=O) groups is 1. The van der Waals surface area contributed by atoms with Gasteiger partial charge in [-0.3, -0.25) is 4.79 Å². The highest BCUT2D eigenvalue weighted by Crippen LogP contribution is 2.19. The Bertz CT molecular complexity index is 739. The third-order valence-corrected chi connectivity index (χ3v) is 6.25. The maximum Gasteiger partial charge on any atom is 0.222 e. The van der Waals surface area contributed by atoms with Gasteiger partial charge < -0.3 is 9.80 Å². The average Bonchev–Trinajstić information content (AvgIpc) is 2.75. The zero-order valence-corrected chi connectivity index (χ0v) is 18.3. The lowest BCUT2D eigenvalue weighted by Gasteiger charge is -2.34. The molecule has 3 rings (SSSR count). The highest BCUT2D eigenvalue weighted by molar-refractivity contribution is 6.30. The van der Waals surface area contributed by atoms with Gasteiger partial charge in [-0.2, -0.15) is 0 Å². The van der Waals surface area contributed by atoms with Gasteiger partial charge in [-0.1, -0.05) is 54.1 Å². The second-order valence-corrected chi connectivity index (χ2v) is 8.71. The molecule has 2 aromatic carbocycles. The average molecular weight is 413 g/mol. The van der Waals surface area contributed by atoms with Gasteiger partial charge in [-0.15, -0.1) is 0 Å². The summed E-state index contributed by atoms with van der Waals surface area (Å²) in [6, 6.07) is 18.6. The van der Waals surface area contributed by atoms with Gasteiger partial charge in [-0.25, -0.2) is 0 Å². The second kappa shape index (κ2) is 11.4. The van der Waals surface area contributed by atoms with Crippen molar-refractivity contribution in [1.82, 2.24) is 9.80 Å². The van der Waals surface area contributed by atoms with Crippen LogP contribution in [0.25, 0.3) is 0 Å². The first kappa shape index (κ1) is 21.9. The van der Waals surface area contributed by atoms with Gasteiger partial charge >= 0.3 is 0 Å². The molecule has 0 bridgehead atoms. The lowest BCUT2D eigenvalue weighted by Crippen LogP contribution is -2.40. The Labute approximate surface area is 180 Å². The van der Waals surface area contributed by atoms with Crippen LogP contribution < -0.4 is 0 Å². The fourth-order valence-corrected chi connectivity index (χ4v) is 4.23. The van der Waals surface area contributed by atoms with Crippen LogP contribution in [0.2, 0.25) is 5.02 Å². The van der Waals surface area contributed by atoms with Crippen LogP contribution in [-0.2, 0) is 17.6 Å². The van der Waals surface area contributed by atoms with Gasteiger partial charge in [0, 0.05) is 31.6 Å². The fourth-order valence-electron chi connectivity index (χ4n) is 4.10. The van der Waals surface area contributed by atoms with Gasteiger partial charge in [0.25, 0.3) is 0 Å². The molecule has 3 nitrogen and oxygen atoms in total. The number of piperidine rings is 1. The first-order valence-electron chi connectivity index (χ1n) is 10.8. The first-order valence-corrected chi connectivity index (χ1v) is 11.2. The van der Waals surface area contributed by atoms with E-state index in [2.05, 4.69) is 41.3 Å². The summed E-state index contributed by atoms with van der Waals surface area (Å²) in [5, 5.41) is 0.799. The molecule has 2 aromatic rings. The smallest absolute Gasteiger partial charge is 0.222 e. The van der Waals surface area contributed by atoms with Crippen molar-refractivity contribution in [3.63, 3.8) is 0 Å². The van der Waals surface area contributed by atoms with E-state index in [9.17, 15) is 4.79 Å². The van der Waals surface area contributed by atoms with E-state index in [1.807, 2.05) is 30.1 Å². The number of benzene rings is 2. The number of nitrogens with zero attached hydrogens (tertiary/aromatic N) is 2. The molecule has 0 saturated carbocycles. The predicted molar refractivity (Wildman–Crippen MR) is 121 cm³/mol. The molecule has 1 aliphatic heterocycles. The molecule has 4 heteroatoms. The fraction of sp³-hybridized carbons (Fsp3) is 0.480. The minimum Gasteiger partial charge on any atom is -0.345 e. The Kier molecular flexibility index (Phi) is 8.57. The molecule has 29 heavy (non-hydrogen) atoms. The normalized spacial score (nSPS) is 15.4. The van der Waals surface area contributed by atoms with Gasteiger partial charge in [0.2, 0.25) is 5.91 Å². The molecule has 1 saturated heterocycles. The topological polar surface area (TPSA) is 23.6 Å². The maximum absolute atomic E-state index is 12.5. The van der Waals surface area contributed by atoms with Crippen molar-refractivity contribution < 1.29 is 4.79 Å². The molecule has 1 amide bonds. The minimum absolute atomic E-state index is 0.283. The number of aryl methyl sites for hydroxylation is 1. The lowest BCUT2D eigenvalue weighted by molar-refractivity contribution is -0.130. The summed E-state index contributed by atoms with van der Waals surface area (Å²) in [6.07, 6.45) is 5.99. The molecule has 156 valence electrons. The highest BCUT2D eigenvalue weighted by Gasteiger charge is 2.21. The quantitative estimate of drug-likeness (QED) is 0.573. The number of hydrogen-bond acceptors (Lipinski definition) is 2. The SMILES string of the molecule is CN(CC1CCN(CCc2ccc(Cl)cc2)CC1)C(=O)CCCc1ccccc1. The number of amides is 1. The van der Waals surface area contributed by atoms with E-state index in [4.69, 9.17) is 11.6 Å². The van der Waals surface area contributed by atoms with E-state index >= 15 is 0 Å². The van der Waals surface area contributed by atoms with Gasteiger partial charge in [-0.05, 0) is 74.4 Å². The molecular weight excluding hydrogens is 380 g/mol. The van der Waals surface area contributed by atoms with Crippen LogP contribution in [0.15, 0.2) is 54.6 Å². The van der Waals surface area contributed by atoms with Crippen molar-refractivity contribution in [2.45, 2.75) is 38.5 Å².